The van der Waals surface area contributed by atoms with Crippen molar-refractivity contribution in [2.24, 2.45) is 0 Å². The van der Waals surface area contributed by atoms with Crippen molar-refractivity contribution in [3.63, 3.8) is 0 Å². The average Bonchev–Trinajstić information content (AvgIpc) is 3.08. The van der Waals surface area contributed by atoms with Gasteiger partial charge in [0.15, 0.2) is 5.65 Å². The quantitative estimate of drug-likeness (QED) is 0.604. The number of carbonyl (C=O) groups excluding carboxylic acids is 1. The lowest BCUT2D eigenvalue weighted by atomic mass is 10.1. The van der Waals surface area contributed by atoms with Crippen molar-refractivity contribution in [2.45, 2.75) is 20.4 Å². The number of amides is 1. The van der Waals surface area contributed by atoms with Gasteiger partial charge in [-0.3, -0.25) is 9.78 Å². The molecule has 3 aromatic heterocycles. The fourth-order valence-electron chi connectivity index (χ4n) is 2.99. The molecule has 1 N–H and O–H groups in total. The Kier molecular flexibility index (Phi) is 4.38. The summed E-state index contributed by atoms with van der Waals surface area (Å²) in [5.74, 6) is -0.173. The molecule has 4 rings (SSSR count). The van der Waals surface area contributed by atoms with Crippen molar-refractivity contribution in [2.75, 3.05) is 5.32 Å². The second kappa shape index (κ2) is 6.99. The molecule has 0 aliphatic carbocycles. The Morgan fingerprint density at radius 1 is 1.04 bits per heavy atom. The number of pyridine rings is 2. The number of nitrogens with one attached hydrogen (secondary N) is 1. The van der Waals surface area contributed by atoms with Gasteiger partial charge >= 0.3 is 0 Å². The van der Waals surface area contributed by atoms with E-state index in [9.17, 15) is 4.79 Å². The Morgan fingerprint density at radius 2 is 1.78 bits per heavy atom. The van der Waals surface area contributed by atoms with E-state index in [-0.39, 0.29) is 5.91 Å². The molecule has 0 saturated heterocycles. The number of aryl methyl sites for hydroxylation is 2. The molecule has 27 heavy (non-hydrogen) atoms. The molecule has 0 spiro atoms. The molecule has 0 unspecified atom stereocenters. The highest BCUT2D eigenvalue weighted by Crippen LogP contribution is 2.21. The van der Waals surface area contributed by atoms with Crippen LogP contribution in [0.25, 0.3) is 11.0 Å². The van der Waals surface area contributed by atoms with E-state index >= 15 is 0 Å². The maximum atomic E-state index is 12.7. The molecule has 1 aromatic carbocycles. The minimum absolute atomic E-state index is 0.173. The molecule has 4 aromatic rings. The first-order valence-electron chi connectivity index (χ1n) is 8.70. The van der Waals surface area contributed by atoms with Crippen molar-refractivity contribution in [3.8, 4) is 0 Å². The van der Waals surface area contributed by atoms with E-state index in [0.29, 0.717) is 12.1 Å². The fourth-order valence-corrected chi connectivity index (χ4v) is 2.99. The van der Waals surface area contributed by atoms with Gasteiger partial charge in [-0.05, 0) is 49.2 Å². The molecule has 6 heteroatoms. The first-order valence-corrected chi connectivity index (χ1v) is 8.70. The van der Waals surface area contributed by atoms with Gasteiger partial charge in [-0.15, -0.1) is 0 Å². The SMILES string of the molecule is Cc1ccc(NC(=O)c2cnc3c(cnn3Cc3ccncc3)c2C)cc1. The van der Waals surface area contributed by atoms with Crippen LogP contribution >= 0.6 is 0 Å². The highest BCUT2D eigenvalue weighted by Gasteiger charge is 2.15. The van der Waals surface area contributed by atoms with E-state index in [1.807, 2.05) is 54.9 Å². The second-order valence-electron chi connectivity index (χ2n) is 6.51. The summed E-state index contributed by atoms with van der Waals surface area (Å²) in [5.41, 5.74) is 5.18. The summed E-state index contributed by atoms with van der Waals surface area (Å²) in [6.45, 7) is 4.54. The van der Waals surface area contributed by atoms with Crippen LogP contribution in [0, 0.1) is 13.8 Å². The molecule has 0 radical (unpaired) electrons. The minimum atomic E-state index is -0.173. The Balaban J connectivity index is 1.62. The van der Waals surface area contributed by atoms with Crippen LogP contribution in [-0.2, 0) is 6.54 Å². The lowest BCUT2D eigenvalue weighted by Crippen LogP contribution is -2.14. The van der Waals surface area contributed by atoms with Crippen molar-refractivity contribution < 1.29 is 4.79 Å². The van der Waals surface area contributed by atoms with Gasteiger partial charge in [0.1, 0.15) is 0 Å². The van der Waals surface area contributed by atoms with Crippen molar-refractivity contribution >= 4 is 22.6 Å². The Hall–Kier alpha value is -3.54. The summed E-state index contributed by atoms with van der Waals surface area (Å²) in [7, 11) is 0. The number of hydrogen-bond acceptors (Lipinski definition) is 4. The van der Waals surface area contributed by atoms with Gasteiger partial charge in [-0.2, -0.15) is 5.10 Å². The number of nitrogens with zero attached hydrogens (tertiary/aromatic N) is 4. The van der Waals surface area contributed by atoms with Gasteiger partial charge in [-0.1, -0.05) is 17.7 Å². The molecule has 0 aliphatic rings. The monoisotopic (exact) mass is 357 g/mol. The smallest absolute Gasteiger partial charge is 0.257 e. The van der Waals surface area contributed by atoms with Crippen molar-refractivity contribution in [1.29, 1.82) is 0 Å². The van der Waals surface area contributed by atoms with Gasteiger partial charge in [-0.25, -0.2) is 9.67 Å². The van der Waals surface area contributed by atoms with E-state index in [1.165, 1.54) is 0 Å². The molecule has 0 aliphatic heterocycles. The van der Waals surface area contributed by atoms with Crippen LogP contribution in [0.3, 0.4) is 0 Å². The highest BCUT2D eigenvalue weighted by atomic mass is 16.1. The lowest BCUT2D eigenvalue weighted by Gasteiger charge is -2.09. The molecule has 134 valence electrons. The summed E-state index contributed by atoms with van der Waals surface area (Å²) < 4.78 is 1.83. The van der Waals surface area contributed by atoms with Crippen LogP contribution in [-0.4, -0.2) is 25.7 Å². The van der Waals surface area contributed by atoms with E-state index in [4.69, 9.17) is 0 Å². The number of benzene rings is 1. The van der Waals surface area contributed by atoms with E-state index < -0.39 is 0 Å². The summed E-state index contributed by atoms with van der Waals surface area (Å²) in [5, 5.41) is 8.25. The number of hydrogen-bond donors (Lipinski definition) is 1. The van der Waals surface area contributed by atoms with Crippen LogP contribution in [0.1, 0.15) is 27.0 Å². The number of fused-ring (bicyclic) bond motifs is 1. The Bertz CT molecular complexity index is 1100. The third-order valence-corrected chi connectivity index (χ3v) is 4.57. The van der Waals surface area contributed by atoms with Gasteiger partial charge in [0.2, 0.25) is 0 Å². The largest absolute Gasteiger partial charge is 0.322 e. The molecule has 0 saturated carbocycles. The molecule has 3 heterocycles. The number of rotatable bonds is 4. The zero-order chi connectivity index (χ0) is 18.8. The van der Waals surface area contributed by atoms with Gasteiger partial charge < -0.3 is 5.32 Å². The topological polar surface area (TPSA) is 72.7 Å². The van der Waals surface area contributed by atoms with Crippen LogP contribution in [0.2, 0.25) is 0 Å². The molecular formula is C21H19N5O. The normalized spacial score (nSPS) is 10.9. The first-order chi connectivity index (χ1) is 13.1. The Labute approximate surface area is 156 Å². The van der Waals surface area contributed by atoms with Gasteiger partial charge in [0.05, 0.1) is 18.3 Å². The molecular weight excluding hydrogens is 338 g/mol. The van der Waals surface area contributed by atoms with Crippen LogP contribution in [0.5, 0.6) is 0 Å². The van der Waals surface area contributed by atoms with Crippen LogP contribution in [0.4, 0.5) is 5.69 Å². The standard InChI is InChI=1S/C21H19N5O/c1-14-3-5-17(6-4-14)25-21(27)19-11-23-20-18(15(19)2)12-24-26(20)13-16-7-9-22-10-8-16/h3-12H,13H2,1-2H3,(H,25,27). The fraction of sp³-hybridized carbons (Fsp3) is 0.143. The minimum Gasteiger partial charge on any atom is -0.322 e. The Morgan fingerprint density at radius 3 is 2.52 bits per heavy atom. The third kappa shape index (κ3) is 3.42. The second-order valence-corrected chi connectivity index (χ2v) is 6.51. The van der Waals surface area contributed by atoms with Crippen molar-refractivity contribution in [1.82, 2.24) is 19.7 Å². The zero-order valence-corrected chi connectivity index (χ0v) is 15.2. The van der Waals surface area contributed by atoms with Crippen LogP contribution in [0.15, 0.2) is 61.2 Å². The maximum absolute atomic E-state index is 12.7. The number of anilines is 1. The zero-order valence-electron chi connectivity index (χ0n) is 15.2. The molecule has 6 nitrogen and oxygen atoms in total. The average molecular weight is 357 g/mol. The molecule has 1 amide bonds. The number of carbonyl (C=O) groups is 1. The van der Waals surface area contributed by atoms with Crippen LogP contribution < -0.4 is 5.32 Å². The summed E-state index contributed by atoms with van der Waals surface area (Å²) in [6, 6.07) is 11.6. The molecule has 0 fully saturated rings. The van der Waals surface area contributed by atoms with Gasteiger partial charge in [0.25, 0.3) is 5.91 Å². The maximum Gasteiger partial charge on any atom is 0.257 e. The summed E-state index contributed by atoms with van der Waals surface area (Å²) in [6.07, 6.45) is 6.90. The summed E-state index contributed by atoms with van der Waals surface area (Å²) >= 11 is 0. The first kappa shape index (κ1) is 16.9. The highest BCUT2D eigenvalue weighted by molar-refractivity contribution is 6.07. The van der Waals surface area contributed by atoms with Crippen molar-refractivity contribution in [3.05, 3.63) is 83.4 Å². The van der Waals surface area contributed by atoms with E-state index in [2.05, 4.69) is 20.4 Å². The third-order valence-electron chi connectivity index (χ3n) is 4.57. The predicted molar refractivity (Wildman–Crippen MR) is 105 cm³/mol. The van der Waals surface area contributed by atoms with E-state index in [1.54, 1.807) is 24.8 Å². The van der Waals surface area contributed by atoms with Gasteiger partial charge in [0, 0.05) is 29.7 Å². The number of aromatic nitrogens is 4. The summed E-state index contributed by atoms with van der Waals surface area (Å²) in [4.78, 5) is 21.2. The predicted octanol–water partition coefficient (Wildman–Crippen LogP) is 3.74. The lowest BCUT2D eigenvalue weighted by molar-refractivity contribution is 0.102. The molecule has 0 atom stereocenters. The van der Waals surface area contributed by atoms with E-state index in [0.717, 1.165) is 33.4 Å². The molecule has 0 bridgehead atoms.